The van der Waals surface area contributed by atoms with E-state index in [1.54, 1.807) is 23.1 Å². The highest BCUT2D eigenvalue weighted by Crippen LogP contribution is 2.39. The molecule has 0 spiro atoms. The van der Waals surface area contributed by atoms with E-state index >= 15 is 0 Å². The molecule has 7 nitrogen and oxygen atoms in total. The first-order valence-corrected chi connectivity index (χ1v) is 9.45. The quantitative estimate of drug-likeness (QED) is 0.256. The van der Waals surface area contributed by atoms with Gasteiger partial charge in [0.2, 0.25) is 0 Å². The zero-order valence-corrected chi connectivity index (χ0v) is 15.5. The number of aromatic nitrogens is 1. The van der Waals surface area contributed by atoms with Crippen LogP contribution in [0.3, 0.4) is 0 Å². The summed E-state index contributed by atoms with van der Waals surface area (Å²) in [6, 6.07) is 3.57. The number of nitrogens with zero attached hydrogens (tertiary/aromatic N) is 5. The van der Waals surface area contributed by atoms with E-state index in [1.807, 2.05) is 15.3 Å². The van der Waals surface area contributed by atoms with E-state index in [4.69, 9.17) is 11.6 Å². The first-order valence-electron chi connectivity index (χ1n) is 6.96. The van der Waals surface area contributed by atoms with Crippen molar-refractivity contribution in [2.75, 3.05) is 13.1 Å². The van der Waals surface area contributed by atoms with Crippen LogP contribution in [0.1, 0.15) is 26.3 Å². The van der Waals surface area contributed by atoms with Gasteiger partial charge in [-0.3, -0.25) is 4.31 Å². The van der Waals surface area contributed by atoms with Crippen LogP contribution in [0.5, 0.6) is 0 Å². The molecule has 0 radical (unpaired) electrons. The van der Waals surface area contributed by atoms with Crippen LogP contribution in [0.15, 0.2) is 23.4 Å². The van der Waals surface area contributed by atoms with E-state index in [1.165, 1.54) is 11.0 Å². The maximum atomic E-state index is 10.9. The molecule has 1 saturated heterocycles. The molecule has 0 unspecified atom stereocenters. The minimum absolute atomic E-state index is 0.0535. The summed E-state index contributed by atoms with van der Waals surface area (Å²) in [5.74, 6) is 0.367. The van der Waals surface area contributed by atoms with Gasteiger partial charge in [-0.2, -0.15) is 0 Å². The van der Waals surface area contributed by atoms with Crippen LogP contribution in [0.2, 0.25) is 5.15 Å². The van der Waals surface area contributed by atoms with Crippen LogP contribution in [-0.2, 0) is 6.54 Å². The van der Waals surface area contributed by atoms with Crippen molar-refractivity contribution in [1.82, 2.24) is 14.2 Å². The fourth-order valence-electron chi connectivity index (χ4n) is 1.85. The maximum absolute atomic E-state index is 10.9. The predicted molar refractivity (Wildman–Crippen MR) is 95.7 cm³/mol. The lowest BCUT2D eigenvalue weighted by Crippen LogP contribution is -2.31. The smallest absolute Gasteiger partial charge is 0.285 e. The lowest BCUT2D eigenvalue weighted by molar-refractivity contribution is -0.486. The molecule has 2 heterocycles. The number of hydrogen-bond donors (Lipinski definition) is 0. The van der Waals surface area contributed by atoms with Crippen molar-refractivity contribution in [3.05, 3.63) is 39.2 Å². The summed E-state index contributed by atoms with van der Waals surface area (Å²) in [5.41, 5.74) is 0.931. The van der Waals surface area contributed by atoms with Crippen molar-refractivity contribution in [2.45, 2.75) is 32.1 Å². The first-order chi connectivity index (χ1) is 10.7. The van der Waals surface area contributed by atoms with Crippen molar-refractivity contribution in [2.24, 2.45) is 5.10 Å². The Bertz CT molecular complexity index is 591. The van der Waals surface area contributed by atoms with E-state index < -0.39 is 5.03 Å². The van der Waals surface area contributed by atoms with Gasteiger partial charge in [-0.1, -0.05) is 49.2 Å². The Morgan fingerprint density at radius 1 is 1.43 bits per heavy atom. The summed E-state index contributed by atoms with van der Waals surface area (Å²) >= 11 is 5.78. The summed E-state index contributed by atoms with van der Waals surface area (Å²) in [6.45, 7) is 8.16. The number of halogens is 1. The number of hydrogen-bond acceptors (Lipinski definition) is 5. The van der Waals surface area contributed by atoms with Crippen LogP contribution in [0.25, 0.3) is 0 Å². The summed E-state index contributed by atoms with van der Waals surface area (Å²) in [7, 11) is 3.15. The highest BCUT2D eigenvalue weighted by atomic mass is 35.5. The predicted octanol–water partition coefficient (Wildman–Crippen LogP) is 3.50. The Hall–Kier alpha value is -1.19. The third-order valence-electron chi connectivity index (χ3n) is 2.79. The number of guanidine groups is 1. The molecule has 1 fully saturated rings. The Balaban J connectivity index is 2.10. The topological polar surface area (TPSA) is 74.9 Å². The monoisotopic (exact) mass is 375 g/mol. The van der Waals surface area contributed by atoms with Gasteiger partial charge in [-0.15, -0.1) is 0 Å². The van der Waals surface area contributed by atoms with Gasteiger partial charge in [0.15, 0.2) is 5.03 Å². The molecule has 0 N–H and O–H groups in total. The maximum Gasteiger partial charge on any atom is 0.285 e. The fraction of sp³-hybridized carbons (Fsp3) is 0.538. The Morgan fingerprint density at radius 3 is 2.74 bits per heavy atom. The van der Waals surface area contributed by atoms with Crippen molar-refractivity contribution < 1.29 is 5.03 Å². The van der Waals surface area contributed by atoms with Crippen molar-refractivity contribution in [3.8, 4) is 0 Å². The average Bonchev–Trinajstić information content (AvgIpc) is 2.80. The second-order valence-electron chi connectivity index (χ2n) is 5.92. The zero-order valence-electron chi connectivity index (χ0n) is 13.1. The molecular formula is C13H18ClN5O2S2. The molecule has 0 bridgehead atoms. The molecule has 0 amide bonds. The van der Waals surface area contributed by atoms with Gasteiger partial charge in [-0.05, 0) is 11.6 Å². The number of pyridine rings is 1. The number of nitro groups is 1. The van der Waals surface area contributed by atoms with Gasteiger partial charge >= 0.3 is 0 Å². The molecule has 1 aliphatic rings. The molecule has 10 heteroatoms. The molecule has 0 saturated carbocycles. The lowest BCUT2D eigenvalue weighted by atomic mass is 10.3. The second-order valence-corrected chi connectivity index (χ2v) is 9.24. The third kappa shape index (κ3) is 5.74. The highest BCUT2D eigenvalue weighted by molar-refractivity contribution is 8.76. The first kappa shape index (κ1) is 18.2. The normalized spacial score (nSPS) is 17.1. The van der Waals surface area contributed by atoms with E-state index in [2.05, 4.69) is 30.9 Å². The molecule has 0 aliphatic carbocycles. The van der Waals surface area contributed by atoms with Crippen LogP contribution in [0, 0.1) is 10.1 Å². The minimum Gasteiger partial charge on any atom is -0.331 e. The molecule has 2 rings (SSSR count). The van der Waals surface area contributed by atoms with Crippen LogP contribution < -0.4 is 0 Å². The van der Waals surface area contributed by atoms with E-state index in [0.717, 1.165) is 5.56 Å². The molecular weight excluding hydrogens is 358 g/mol. The summed E-state index contributed by atoms with van der Waals surface area (Å²) in [4.78, 5) is 16.8. The molecule has 1 aliphatic heterocycles. The van der Waals surface area contributed by atoms with Gasteiger partial charge < -0.3 is 4.90 Å². The summed E-state index contributed by atoms with van der Waals surface area (Å²) in [6.07, 6.45) is 1.67. The van der Waals surface area contributed by atoms with Gasteiger partial charge in [0.1, 0.15) is 10.3 Å². The highest BCUT2D eigenvalue weighted by Gasteiger charge is 2.31. The van der Waals surface area contributed by atoms with Crippen LogP contribution in [0.4, 0.5) is 0 Å². The minimum atomic E-state index is -0.650. The van der Waals surface area contributed by atoms with Crippen molar-refractivity contribution >= 4 is 39.3 Å². The van der Waals surface area contributed by atoms with Crippen LogP contribution in [-0.4, -0.2) is 43.0 Å². The van der Waals surface area contributed by atoms with E-state index in [-0.39, 0.29) is 4.75 Å². The van der Waals surface area contributed by atoms with Gasteiger partial charge in [0.25, 0.3) is 5.96 Å². The fourth-order valence-corrected chi connectivity index (χ4v) is 4.02. The van der Waals surface area contributed by atoms with E-state index in [9.17, 15) is 10.1 Å². The van der Waals surface area contributed by atoms with Gasteiger partial charge in [0.05, 0.1) is 6.54 Å². The Labute approximate surface area is 148 Å². The zero-order chi connectivity index (χ0) is 17.0. The van der Waals surface area contributed by atoms with Crippen molar-refractivity contribution in [3.63, 3.8) is 0 Å². The molecule has 1 aromatic rings. The Kier molecular flexibility index (Phi) is 5.99. The number of hydrazone groups is 1. The number of rotatable bonds is 5. The van der Waals surface area contributed by atoms with E-state index in [0.29, 0.717) is 30.7 Å². The standard InChI is InChI=1S/C13H18ClN5O2S2/c1-13(2,3)22-23-18-7-6-17(12(18)16-19(20)21)9-10-4-5-11(14)15-8-10/h4-5,8H,6-7,9H2,1-3H3. The average molecular weight is 376 g/mol. The van der Waals surface area contributed by atoms with Gasteiger partial charge in [0, 0.05) is 35.0 Å². The molecule has 0 aromatic carbocycles. The molecule has 126 valence electrons. The summed E-state index contributed by atoms with van der Waals surface area (Å²) in [5, 5.41) is 14.2. The molecule has 0 atom stereocenters. The molecule has 1 aromatic heterocycles. The van der Waals surface area contributed by atoms with Gasteiger partial charge in [-0.25, -0.2) is 15.1 Å². The largest absolute Gasteiger partial charge is 0.331 e. The van der Waals surface area contributed by atoms with Crippen LogP contribution >= 0.6 is 33.4 Å². The SMILES string of the molecule is CC(C)(C)SSN1CCN(Cc2ccc(Cl)nc2)C1=N[N+](=O)[O-]. The summed E-state index contributed by atoms with van der Waals surface area (Å²) < 4.78 is 1.92. The molecule has 23 heavy (non-hydrogen) atoms. The lowest BCUT2D eigenvalue weighted by Gasteiger charge is -2.22. The van der Waals surface area contributed by atoms with Crippen molar-refractivity contribution in [1.29, 1.82) is 0 Å². The third-order valence-corrected chi connectivity index (χ3v) is 6.38. The second kappa shape index (κ2) is 7.59. The Morgan fingerprint density at radius 2 is 2.17 bits per heavy atom.